The minimum atomic E-state index is -0.927. The van der Waals surface area contributed by atoms with Crippen LogP contribution in [0.2, 0.25) is 0 Å². The van der Waals surface area contributed by atoms with Gasteiger partial charge in [-0.25, -0.2) is 19.2 Å². The quantitative estimate of drug-likeness (QED) is 0.0624. The molecule has 284 valence electrons. The number of esters is 4. The van der Waals surface area contributed by atoms with Crippen LogP contribution in [0.25, 0.3) is 22.3 Å². The van der Waals surface area contributed by atoms with Crippen LogP contribution in [0.4, 0.5) is 0 Å². The van der Waals surface area contributed by atoms with Gasteiger partial charge in [-0.3, -0.25) is 0 Å². The van der Waals surface area contributed by atoms with Crippen molar-refractivity contribution in [2.24, 2.45) is 0 Å². The average molecular weight is 751 g/mol. The first-order valence-electron chi connectivity index (χ1n) is 17.4. The number of benzene rings is 3. The third-order valence-electron chi connectivity index (χ3n) is 8.52. The number of ether oxygens (including phenoxy) is 7. The van der Waals surface area contributed by atoms with E-state index in [1.165, 1.54) is 72.8 Å². The number of aromatic hydroxyl groups is 2. The molecule has 3 fully saturated rings. The van der Waals surface area contributed by atoms with Gasteiger partial charge in [-0.05, 0) is 81.3 Å². The van der Waals surface area contributed by atoms with Crippen LogP contribution < -0.4 is 18.9 Å². The lowest BCUT2D eigenvalue weighted by Crippen LogP contribution is -2.16. The van der Waals surface area contributed by atoms with E-state index in [9.17, 15) is 29.4 Å². The third kappa shape index (κ3) is 10.0. The Labute approximate surface area is 316 Å². The van der Waals surface area contributed by atoms with Gasteiger partial charge in [-0.1, -0.05) is 42.5 Å². The lowest BCUT2D eigenvalue weighted by Gasteiger charge is -2.24. The van der Waals surface area contributed by atoms with E-state index in [0.717, 1.165) is 24.3 Å². The maximum Gasteiger partial charge on any atom is 0.336 e. The largest absolute Gasteiger partial charge is 0.508 e. The zero-order chi connectivity index (χ0) is 39.2. The number of phenolic OH excluding ortho intramolecular Hbond substituents is 2. The fourth-order valence-electron chi connectivity index (χ4n) is 5.35. The lowest BCUT2D eigenvalue weighted by atomic mass is 9.94. The van der Waals surface area contributed by atoms with E-state index in [0.29, 0.717) is 0 Å². The summed E-state index contributed by atoms with van der Waals surface area (Å²) in [5.74, 6) is -5.62. The molecule has 3 aliphatic rings. The van der Waals surface area contributed by atoms with Crippen LogP contribution >= 0.6 is 0 Å². The molecular formula is C42H38O13. The monoisotopic (exact) mass is 750 g/mol. The number of phenols is 2. The minimum absolute atomic E-state index is 0.112. The van der Waals surface area contributed by atoms with Crippen LogP contribution in [-0.4, -0.2) is 70.7 Å². The summed E-state index contributed by atoms with van der Waals surface area (Å²) < 4.78 is 40.1. The van der Waals surface area contributed by atoms with Crippen molar-refractivity contribution in [3.8, 4) is 56.8 Å². The molecule has 0 aromatic heterocycles. The molecule has 55 heavy (non-hydrogen) atoms. The fourth-order valence-corrected chi connectivity index (χ4v) is 5.35. The van der Waals surface area contributed by atoms with E-state index in [1.807, 2.05) is 20.8 Å². The average Bonchev–Trinajstić information content (AvgIpc) is 4.11. The highest BCUT2D eigenvalue weighted by Gasteiger charge is 2.37. The highest BCUT2D eigenvalue weighted by atomic mass is 16.6. The Hall–Kier alpha value is -6.28. The van der Waals surface area contributed by atoms with E-state index in [4.69, 9.17) is 33.2 Å². The molecule has 6 rings (SSSR count). The van der Waals surface area contributed by atoms with E-state index in [-0.39, 0.29) is 70.4 Å². The van der Waals surface area contributed by atoms with Gasteiger partial charge < -0.3 is 43.4 Å². The third-order valence-corrected chi connectivity index (χ3v) is 8.52. The number of carbonyl (C=O) groups excluding carboxylic acids is 4. The molecule has 3 aliphatic heterocycles. The van der Waals surface area contributed by atoms with Crippen molar-refractivity contribution in [2.45, 2.75) is 64.3 Å². The van der Waals surface area contributed by atoms with Gasteiger partial charge in [0.1, 0.15) is 29.8 Å². The van der Waals surface area contributed by atoms with E-state index in [2.05, 4.69) is 0 Å². The van der Waals surface area contributed by atoms with Gasteiger partial charge in [0.05, 0.1) is 29.4 Å². The molecule has 0 bridgehead atoms. The molecule has 2 N–H and O–H groups in total. The number of hydrogen-bond acceptors (Lipinski definition) is 13. The summed E-state index contributed by atoms with van der Waals surface area (Å²) in [6.07, 6.45) is 12.4. The van der Waals surface area contributed by atoms with Crippen molar-refractivity contribution in [1.82, 2.24) is 0 Å². The van der Waals surface area contributed by atoms with Crippen LogP contribution in [0.5, 0.6) is 34.5 Å². The van der Waals surface area contributed by atoms with E-state index in [1.54, 1.807) is 19.1 Å². The van der Waals surface area contributed by atoms with Gasteiger partial charge in [-0.15, -0.1) is 0 Å². The van der Waals surface area contributed by atoms with Gasteiger partial charge in [0.2, 0.25) is 0 Å². The van der Waals surface area contributed by atoms with Gasteiger partial charge >= 0.3 is 23.9 Å². The number of rotatable bonds is 14. The topological polar surface area (TPSA) is 183 Å². The lowest BCUT2D eigenvalue weighted by molar-refractivity contribution is -0.132. The van der Waals surface area contributed by atoms with Gasteiger partial charge in [0.25, 0.3) is 0 Å². The molecule has 0 unspecified atom stereocenters. The van der Waals surface area contributed by atoms with Crippen molar-refractivity contribution in [3.05, 3.63) is 109 Å². The summed E-state index contributed by atoms with van der Waals surface area (Å²) in [6, 6.07) is 11.0. The molecule has 0 aliphatic carbocycles. The maximum absolute atomic E-state index is 13.6. The molecule has 6 atom stereocenters. The predicted molar refractivity (Wildman–Crippen MR) is 198 cm³/mol. The molecule has 13 heteroatoms. The number of allylic oxidation sites excluding steroid dienone is 3. The van der Waals surface area contributed by atoms with E-state index >= 15 is 0 Å². The first-order chi connectivity index (χ1) is 26.4. The molecular weight excluding hydrogens is 712 g/mol. The van der Waals surface area contributed by atoms with Crippen LogP contribution in [0, 0.1) is 0 Å². The zero-order valence-electron chi connectivity index (χ0n) is 30.2. The molecule has 3 heterocycles. The first kappa shape index (κ1) is 38.4. The van der Waals surface area contributed by atoms with Crippen LogP contribution in [0.1, 0.15) is 27.7 Å². The molecule has 0 saturated carbocycles. The normalized spacial score (nSPS) is 22.8. The Morgan fingerprint density at radius 3 is 1.07 bits per heavy atom. The Kier molecular flexibility index (Phi) is 11.7. The molecule has 3 saturated heterocycles. The fraction of sp³-hybridized carbons (Fsp3) is 0.238. The van der Waals surface area contributed by atoms with Crippen molar-refractivity contribution in [1.29, 1.82) is 0 Å². The minimum Gasteiger partial charge on any atom is -0.508 e. The molecule has 0 amide bonds. The Bertz CT molecular complexity index is 2110. The summed E-state index contributed by atoms with van der Waals surface area (Å²) in [4.78, 5) is 54.2. The summed E-state index contributed by atoms with van der Waals surface area (Å²) in [7, 11) is 0. The second kappa shape index (κ2) is 16.8. The number of hydrogen-bond donors (Lipinski definition) is 2. The van der Waals surface area contributed by atoms with Crippen molar-refractivity contribution < 1.29 is 62.5 Å². The summed E-state index contributed by atoms with van der Waals surface area (Å²) >= 11 is 0. The summed E-state index contributed by atoms with van der Waals surface area (Å²) in [5.41, 5.74) is 0.0401. The van der Waals surface area contributed by atoms with Crippen molar-refractivity contribution in [3.63, 3.8) is 0 Å². The second-order valence-corrected chi connectivity index (χ2v) is 12.7. The Balaban J connectivity index is 1.65. The number of carbonyl (C=O) groups is 4. The molecule has 3 aromatic carbocycles. The highest BCUT2D eigenvalue weighted by molar-refractivity contribution is 6.01. The van der Waals surface area contributed by atoms with Gasteiger partial charge in [0.15, 0.2) is 23.0 Å². The summed E-state index contributed by atoms with van der Waals surface area (Å²) in [5, 5.41) is 20.4. The molecule has 0 radical (unpaired) electrons. The van der Waals surface area contributed by atoms with Crippen LogP contribution in [0.3, 0.4) is 0 Å². The number of epoxide rings is 3. The molecule has 13 nitrogen and oxygen atoms in total. The smallest absolute Gasteiger partial charge is 0.336 e. The predicted octanol–water partition coefficient (Wildman–Crippen LogP) is 6.22. The van der Waals surface area contributed by atoms with Gasteiger partial charge in [0, 0.05) is 24.3 Å². The van der Waals surface area contributed by atoms with E-state index < -0.39 is 46.9 Å². The Morgan fingerprint density at radius 2 is 0.800 bits per heavy atom. The summed E-state index contributed by atoms with van der Waals surface area (Å²) in [6.45, 7) is 7.22. The van der Waals surface area contributed by atoms with Crippen LogP contribution in [0.15, 0.2) is 109 Å². The van der Waals surface area contributed by atoms with Gasteiger partial charge in [-0.2, -0.15) is 0 Å². The van der Waals surface area contributed by atoms with Crippen molar-refractivity contribution in [2.75, 3.05) is 0 Å². The van der Waals surface area contributed by atoms with Crippen molar-refractivity contribution >= 4 is 23.9 Å². The maximum atomic E-state index is 13.6. The molecule has 0 spiro atoms. The Morgan fingerprint density at radius 1 is 0.509 bits per heavy atom. The molecule has 3 aromatic rings. The standard InChI is InChI=1S/C42H38O13/c1-5-6-7-8-33(45)52-39-37(26-9-13-28(43)14-10-26)41(54-35(47)21-18-31-24(3)50-31)42(55-36(48)22-19-32-25(4)51-32)38(27-11-15-29(44)16-12-27)40(39)53-34(46)20-17-30-23(2)49-30/h5-25,30-32,43-44H,1-4H3/t23-,24+,25-,30-,31+,32-/m1/s1. The van der Waals surface area contributed by atoms with Crippen LogP contribution in [-0.2, 0) is 33.4 Å². The first-order valence-corrected chi connectivity index (χ1v) is 17.4. The SMILES string of the molecule is CC=CC=CC(=O)Oc1c(OC(=O)C=C[C@H]2O[C@@H]2C)c(-c2ccc(O)cc2)c(OC(=O)C=C[C@H]2O[C@@H]2C)c(OC(=O)C=C[C@@H]2O[C@H]2C)c1-c1ccc(O)cc1. The zero-order valence-corrected chi connectivity index (χ0v) is 30.2. The highest BCUT2D eigenvalue weighted by Crippen LogP contribution is 2.57. The second-order valence-electron chi connectivity index (χ2n) is 12.7.